The van der Waals surface area contributed by atoms with E-state index >= 15 is 0 Å². The number of carbonyl (C=O) groups is 2. The van der Waals surface area contributed by atoms with Crippen molar-refractivity contribution < 1.29 is 18.7 Å². The molecule has 2 aliphatic heterocycles. The minimum absolute atomic E-state index is 0.00671. The third-order valence-electron chi connectivity index (χ3n) is 10.5. The number of amides is 2. The lowest BCUT2D eigenvalue weighted by Crippen LogP contribution is -2.54. The van der Waals surface area contributed by atoms with Gasteiger partial charge in [-0.25, -0.2) is 9.37 Å². The standard InChI is InChI=1S/C41H50FN7O3/c1-27-25-48(26-28(2)44-27)18-7-9-29-8-5-10-30(20-29)31-11-6-13-36(21-31)52-41-37(22-32(42)24-43-41)39(50)45-33-14-16-34(17-15-33)46-40(51)38-23-35-12-3-4-19-49(35)47-38/h5-6,8,10-11,13,20-24,27-28,33-34,44H,3-4,7,9,12,14-19,25-26H2,1-2H3,(H,45,50)(H,46,51)/t27-,28+,33-,34+. The zero-order chi connectivity index (χ0) is 36.0. The fourth-order valence-electron chi connectivity index (χ4n) is 7.99. The molecule has 1 aliphatic carbocycles. The highest BCUT2D eigenvalue weighted by Gasteiger charge is 2.27. The molecule has 4 aromatic rings. The van der Waals surface area contributed by atoms with Crippen molar-refractivity contribution in [1.82, 2.24) is 35.6 Å². The monoisotopic (exact) mass is 707 g/mol. The zero-order valence-electron chi connectivity index (χ0n) is 30.2. The van der Waals surface area contributed by atoms with Gasteiger partial charge in [-0.05, 0) is 119 Å². The lowest BCUT2D eigenvalue weighted by atomic mass is 9.91. The van der Waals surface area contributed by atoms with Crippen LogP contribution < -0.4 is 20.7 Å². The van der Waals surface area contributed by atoms with E-state index in [1.165, 1.54) is 11.6 Å². The summed E-state index contributed by atoms with van der Waals surface area (Å²) in [5.41, 5.74) is 4.97. The van der Waals surface area contributed by atoms with Gasteiger partial charge < -0.3 is 25.6 Å². The predicted octanol–water partition coefficient (Wildman–Crippen LogP) is 6.30. The molecule has 0 bridgehead atoms. The summed E-state index contributed by atoms with van der Waals surface area (Å²) in [6, 6.07) is 20.2. The molecule has 7 rings (SSSR count). The summed E-state index contributed by atoms with van der Waals surface area (Å²) < 4.78 is 22.5. The SMILES string of the molecule is C[C@@H]1CN(CCCc2cccc(-c3cccc(Oc4ncc(F)cc4C(=O)N[C@H]4CC[C@@H](NC(=O)c5cc6n(n5)CCCC6)CC4)c3)c2)C[C@H](C)N1. The number of piperazine rings is 1. The Morgan fingerprint density at radius 3 is 2.37 bits per heavy atom. The molecule has 10 nitrogen and oxygen atoms in total. The molecule has 3 aliphatic rings. The number of nitrogens with zero attached hydrogens (tertiary/aromatic N) is 4. The topological polar surface area (TPSA) is 113 Å². The first-order valence-corrected chi connectivity index (χ1v) is 19.0. The molecule has 11 heteroatoms. The summed E-state index contributed by atoms with van der Waals surface area (Å²) in [7, 11) is 0. The maximum absolute atomic E-state index is 14.4. The van der Waals surface area contributed by atoms with Gasteiger partial charge in [0, 0.05) is 49.5 Å². The van der Waals surface area contributed by atoms with Gasteiger partial charge in [0.05, 0.1) is 6.20 Å². The van der Waals surface area contributed by atoms with E-state index in [4.69, 9.17) is 4.74 Å². The molecule has 0 radical (unpaired) electrons. The van der Waals surface area contributed by atoms with E-state index in [0.29, 0.717) is 36.4 Å². The largest absolute Gasteiger partial charge is 0.438 e. The quantitative estimate of drug-likeness (QED) is 0.168. The smallest absolute Gasteiger partial charge is 0.272 e. The number of fused-ring (bicyclic) bond motifs is 1. The van der Waals surface area contributed by atoms with Crippen LogP contribution in [0.15, 0.2) is 66.9 Å². The van der Waals surface area contributed by atoms with Crippen molar-refractivity contribution in [2.45, 2.75) is 102 Å². The lowest BCUT2D eigenvalue weighted by Gasteiger charge is -2.36. The molecule has 4 heterocycles. The highest BCUT2D eigenvalue weighted by atomic mass is 19.1. The second-order valence-electron chi connectivity index (χ2n) is 14.9. The molecular formula is C41H50FN7O3. The first kappa shape index (κ1) is 35.8. The van der Waals surface area contributed by atoms with Crippen LogP contribution in [0.5, 0.6) is 11.6 Å². The molecule has 2 aromatic carbocycles. The molecule has 0 unspecified atom stereocenters. The van der Waals surface area contributed by atoms with Crippen LogP contribution in [0.3, 0.4) is 0 Å². The van der Waals surface area contributed by atoms with Gasteiger partial charge in [-0.3, -0.25) is 14.3 Å². The fraction of sp³-hybridized carbons (Fsp3) is 0.463. The van der Waals surface area contributed by atoms with Crippen molar-refractivity contribution in [2.24, 2.45) is 0 Å². The Hall–Kier alpha value is -4.61. The van der Waals surface area contributed by atoms with Crippen LogP contribution in [-0.4, -0.2) is 75.3 Å². The van der Waals surface area contributed by atoms with Crippen molar-refractivity contribution in [3.8, 4) is 22.8 Å². The summed E-state index contributed by atoms with van der Waals surface area (Å²) in [6.07, 6.45) is 9.13. The minimum atomic E-state index is -0.614. The highest BCUT2D eigenvalue weighted by molar-refractivity contribution is 5.96. The van der Waals surface area contributed by atoms with Gasteiger partial charge >= 0.3 is 0 Å². The number of carbonyl (C=O) groups excluding carboxylic acids is 2. The first-order valence-electron chi connectivity index (χ1n) is 19.0. The van der Waals surface area contributed by atoms with Gasteiger partial charge in [0.25, 0.3) is 11.8 Å². The Kier molecular flexibility index (Phi) is 11.3. The number of aromatic nitrogens is 3. The summed E-state index contributed by atoms with van der Waals surface area (Å²) >= 11 is 0. The molecular weight excluding hydrogens is 657 g/mol. The van der Waals surface area contributed by atoms with E-state index in [1.807, 2.05) is 35.0 Å². The molecule has 2 aromatic heterocycles. The number of halogens is 1. The number of hydrogen-bond donors (Lipinski definition) is 3. The normalized spacial score (nSPS) is 22.0. The van der Waals surface area contributed by atoms with Gasteiger partial charge in [0.15, 0.2) is 0 Å². The van der Waals surface area contributed by atoms with Gasteiger partial charge in [0.1, 0.15) is 22.8 Å². The Bertz CT molecular complexity index is 1840. The average Bonchev–Trinajstić information content (AvgIpc) is 3.58. The van der Waals surface area contributed by atoms with Crippen molar-refractivity contribution >= 4 is 11.8 Å². The van der Waals surface area contributed by atoms with Crippen LogP contribution >= 0.6 is 0 Å². The molecule has 2 atom stereocenters. The van der Waals surface area contributed by atoms with E-state index in [1.54, 1.807) is 0 Å². The summed E-state index contributed by atoms with van der Waals surface area (Å²) in [4.78, 5) is 33.1. The van der Waals surface area contributed by atoms with E-state index < -0.39 is 11.7 Å². The second kappa shape index (κ2) is 16.4. The Balaban J connectivity index is 0.935. The molecule has 2 fully saturated rings. The molecule has 2 amide bonds. The maximum Gasteiger partial charge on any atom is 0.272 e. The third kappa shape index (κ3) is 9.05. The molecule has 1 saturated carbocycles. The fourth-order valence-corrected chi connectivity index (χ4v) is 7.99. The number of pyridine rings is 1. The van der Waals surface area contributed by atoms with E-state index in [9.17, 15) is 14.0 Å². The van der Waals surface area contributed by atoms with Gasteiger partial charge in [-0.15, -0.1) is 0 Å². The number of rotatable bonds is 11. The summed E-state index contributed by atoms with van der Waals surface area (Å²) in [5, 5.41) is 14.3. The molecule has 274 valence electrons. The Morgan fingerprint density at radius 1 is 0.904 bits per heavy atom. The molecule has 1 saturated heterocycles. The highest BCUT2D eigenvalue weighted by Crippen LogP contribution is 2.30. The van der Waals surface area contributed by atoms with Crippen LogP contribution in [0.2, 0.25) is 0 Å². The minimum Gasteiger partial charge on any atom is -0.438 e. The molecule has 0 spiro atoms. The van der Waals surface area contributed by atoms with Crippen LogP contribution in [0.4, 0.5) is 4.39 Å². The van der Waals surface area contributed by atoms with Gasteiger partial charge in [0.2, 0.25) is 5.88 Å². The van der Waals surface area contributed by atoms with Gasteiger partial charge in [-0.1, -0.05) is 36.4 Å². The molecule has 52 heavy (non-hydrogen) atoms. The number of nitrogens with one attached hydrogen (secondary N) is 3. The van der Waals surface area contributed by atoms with Crippen molar-refractivity contribution in [3.05, 3.63) is 95.2 Å². The summed E-state index contributed by atoms with van der Waals surface area (Å²) in [6.45, 7) is 8.60. The third-order valence-corrected chi connectivity index (χ3v) is 10.5. The van der Waals surface area contributed by atoms with E-state index in [-0.39, 0.29) is 29.4 Å². The zero-order valence-corrected chi connectivity index (χ0v) is 30.2. The number of benzene rings is 2. The Labute approximate surface area is 305 Å². The van der Waals surface area contributed by atoms with Gasteiger partial charge in [-0.2, -0.15) is 5.10 Å². The van der Waals surface area contributed by atoms with Crippen molar-refractivity contribution in [3.63, 3.8) is 0 Å². The second-order valence-corrected chi connectivity index (χ2v) is 14.9. The number of ether oxygens (including phenoxy) is 1. The van der Waals surface area contributed by atoms with E-state index in [0.717, 1.165) is 94.1 Å². The van der Waals surface area contributed by atoms with Crippen LogP contribution in [0.25, 0.3) is 11.1 Å². The average molecular weight is 708 g/mol. The van der Waals surface area contributed by atoms with Crippen LogP contribution in [0.1, 0.15) is 90.9 Å². The maximum atomic E-state index is 14.4. The first-order chi connectivity index (χ1) is 25.3. The molecule has 3 N–H and O–H groups in total. The number of aryl methyl sites for hydroxylation is 3. The summed E-state index contributed by atoms with van der Waals surface area (Å²) in [5.74, 6) is -0.648. The Morgan fingerprint density at radius 2 is 1.62 bits per heavy atom. The van der Waals surface area contributed by atoms with Crippen molar-refractivity contribution in [1.29, 1.82) is 0 Å². The van der Waals surface area contributed by atoms with Crippen LogP contribution in [-0.2, 0) is 19.4 Å². The van der Waals surface area contributed by atoms with E-state index in [2.05, 4.69) is 69.0 Å². The number of hydrogen-bond acceptors (Lipinski definition) is 7. The van der Waals surface area contributed by atoms with Crippen LogP contribution in [0, 0.1) is 5.82 Å². The lowest BCUT2D eigenvalue weighted by molar-refractivity contribution is 0.0887. The predicted molar refractivity (Wildman–Crippen MR) is 199 cm³/mol. The van der Waals surface area contributed by atoms with Crippen molar-refractivity contribution in [2.75, 3.05) is 19.6 Å².